The van der Waals surface area contributed by atoms with Crippen LogP contribution in [0.4, 0.5) is 11.6 Å². The number of ether oxygens (including phenoxy) is 1. The van der Waals surface area contributed by atoms with Gasteiger partial charge in [-0.1, -0.05) is 25.1 Å². The van der Waals surface area contributed by atoms with Crippen molar-refractivity contribution in [2.24, 2.45) is 0 Å². The fourth-order valence-electron chi connectivity index (χ4n) is 2.07. The van der Waals surface area contributed by atoms with Crippen molar-refractivity contribution < 1.29 is 4.74 Å². The van der Waals surface area contributed by atoms with Crippen molar-refractivity contribution in [3.8, 4) is 5.75 Å². The van der Waals surface area contributed by atoms with Crippen LogP contribution in [-0.4, -0.2) is 25.7 Å². The van der Waals surface area contributed by atoms with E-state index in [0.29, 0.717) is 0 Å². The van der Waals surface area contributed by atoms with Gasteiger partial charge in [-0.3, -0.25) is 0 Å². The van der Waals surface area contributed by atoms with Gasteiger partial charge in [-0.2, -0.15) is 0 Å². The van der Waals surface area contributed by atoms with Crippen LogP contribution in [0.3, 0.4) is 0 Å². The van der Waals surface area contributed by atoms with Gasteiger partial charge in [0.1, 0.15) is 17.4 Å². The van der Waals surface area contributed by atoms with Gasteiger partial charge in [0.25, 0.3) is 0 Å². The number of aromatic nitrogens is 1. The van der Waals surface area contributed by atoms with Gasteiger partial charge >= 0.3 is 0 Å². The van der Waals surface area contributed by atoms with Crippen molar-refractivity contribution in [1.29, 1.82) is 0 Å². The number of benzene rings is 1. The molecule has 0 aliphatic carbocycles. The fourth-order valence-corrected chi connectivity index (χ4v) is 2.07. The zero-order valence-corrected chi connectivity index (χ0v) is 13.0. The van der Waals surface area contributed by atoms with Gasteiger partial charge in [-0.25, -0.2) is 4.98 Å². The molecule has 0 saturated carbocycles. The van der Waals surface area contributed by atoms with Crippen LogP contribution in [0, 0.1) is 0 Å². The van der Waals surface area contributed by atoms with E-state index in [-0.39, 0.29) is 0 Å². The average molecular weight is 285 g/mol. The largest absolute Gasteiger partial charge is 0.497 e. The molecule has 0 fully saturated rings. The number of nitrogens with one attached hydrogen (secondary N) is 1. The third-order valence-electron chi connectivity index (χ3n) is 3.26. The highest BCUT2D eigenvalue weighted by Gasteiger charge is 2.05. The summed E-state index contributed by atoms with van der Waals surface area (Å²) in [7, 11) is 3.73. The minimum atomic E-state index is 0.814. The standard InChI is InChI=1S/C17H23N3O/c1-4-12-18-16-6-5-7-17(19-16)20(2)13-14-8-10-15(21-3)11-9-14/h5-11H,4,12-13H2,1-3H3,(H,18,19). The maximum absolute atomic E-state index is 5.18. The molecule has 0 amide bonds. The lowest BCUT2D eigenvalue weighted by Gasteiger charge is -2.19. The molecule has 0 spiro atoms. The van der Waals surface area contributed by atoms with Gasteiger partial charge < -0.3 is 15.0 Å². The van der Waals surface area contributed by atoms with Crippen LogP contribution >= 0.6 is 0 Å². The molecule has 112 valence electrons. The van der Waals surface area contributed by atoms with Crippen molar-refractivity contribution in [2.45, 2.75) is 19.9 Å². The SMILES string of the molecule is CCCNc1cccc(N(C)Cc2ccc(OC)cc2)n1. The van der Waals surface area contributed by atoms with Crippen molar-refractivity contribution in [1.82, 2.24) is 4.98 Å². The van der Waals surface area contributed by atoms with E-state index in [9.17, 15) is 0 Å². The molecule has 1 N–H and O–H groups in total. The maximum atomic E-state index is 5.18. The first-order valence-corrected chi connectivity index (χ1v) is 7.28. The van der Waals surface area contributed by atoms with Gasteiger partial charge in [0, 0.05) is 20.1 Å². The van der Waals surface area contributed by atoms with Crippen LogP contribution in [0.15, 0.2) is 42.5 Å². The molecule has 2 aromatic rings. The highest BCUT2D eigenvalue weighted by atomic mass is 16.5. The number of pyridine rings is 1. The molecule has 0 aliphatic rings. The summed E-state index contributed by atoms with van der Waals surface area (Å²) in [6, 6.07) is 14.2. The van der Waals surface area contributed by atoms with Crippen molar-refractivity contribution >= 4 is 11.6 Å². The van der Waals surface area contributed by atoms with Crippen LogP contribution in [0.1, 0.15) is 18.9 Å². The number of anilines is 2. The highest BCUT2D eigenvalue weighted by Crippen LogP contribution is 2.17. The van der Waals surface area contributed by atoms with E-state index in [4.69, 9.17) is 4.74 Å². The summed E-state index contributed by atoms with van der Waals surface area (Å²) in [5.41, 5.74) is 1.23. The summed E-state index contributed by atoms with van der Waals surface area (Å²) in [5, 5.41) is 3.31. The Morgan fingerprint density at radius 1 is 1.14 bits per heavy atom. The zero-order chi connectivity index (χ0) is 15.1. The summed E-state index contributed by atoms with van der Waals surface area (Å²) < 4.78 is 5.18. The third kappa shape index (κ3) is 4.38. The van der Waals surface area contributed by atoms with Crippen LogP contribution < -0.4 is 15.0 Å². The minimum absolute atomic E-state index is 0.814. The van der Waals surface area contributed by atoms with Crippen LogP contribution in [-0.2, 0) is 6.54 Å². The lowest BCUT2D eigenvalue weighted by Crippen LogP contribution is -2.18. The Hall–Kier alpha value is -2.23. The lowest BCUT2D eigenvalue weighted by molar-refractivity contribution is 0.414. The van der Waals surface area contributed by atoms with Gasteiger partial charge in [0.15, 0.2) is 0 Å². The second-order valence-corrected chi connectivity index (χ2v) is 5.01. The molecule has 0 atom stereocenters. The predicted molar refractivity (Wildman–Crippen MR) is 88.1 cm³/mol. The van der Waals surface area contributed by atoms with Crippen molar-refractivity contribution in [3.63, 3.8) is 0 Å². The first-order chi connectivity index (χ1) is 10.2. The second-order valence-electron chi connectivity index (χ2n) is 5.01. The fraction of sp³-hybridized carbons (Fsp3) is 0.353. The van der Waals surface area contributed by atoms with E-state index < -0.39 is 0 Å². The molecule has 4 nitrogen and oxygen atoms in total. The molecule has 0 saturated heterocycles. The summed E-state index contributed by atoms with van der Waals surface area (Å²) in [6.07, 6.45) is 1.09. The van der Waals surface area contributed by atoms with Crippen molar-refractivity contribution in [3.05, 3.63) is 48.0 Å². The van der Waals surface area contributed by atoms with Gasteiger partial charge in [-0.15, -0.1) is 0 Å². The van der Waals surface area contributed by atoms with E-state index in [1.807, 2.05) is 30.3 Å². The third-order valence-corrected chi connectivity index (χ3v) is 3.26. The summed E-state index contributed by atoms with van der Waals surface area (Å²) >= 11 is 0. The molecule has 0 aliphatic heterocycles. The Morgan fingerprint density at radius 2 is 1.90 bits per heavy atom. The Bertz CT molecular complexity index is 554. The Morgan fingerprint density at radius 3 is 2.57 bits per heavy atom. The molecule has 0 radical (unpaired) electrons. The Balaban J connectivity index is 2.03. The smallest absolute Gasteiger partial charge is 0.130 e. The van der Waals surface area contributed by atoms with E-state index in [1.54, 1.807) is 7.11 Å². The van der Waals surface area contributed by atoms with Crippen LogP contribution in [0.5, 0.6) is 5.75 Å². The van der Waals surface area contributed by atoms with Crippen molar-refractivity contribution in [2.75, 3.05) is 30.9 Å². The molecule has 1 heterocycles. The second kappa shape index (κ2) is 7.53. The number of hydrogen-bond donors (Lipinski definition) is 1. The summed E-state index contributed by atoms with van der Waals surface area (Å²) in [5.74, 6) is 2.77. The molecule has 0 bridgehead atoms. The molecular formula is C17H23N3O. The van der Waals surface area contributed by atoms with Crippen LogP contribution in [0.25, 0.3) is 0 Å². The van der Waals surface area contributed by atoms with Gasteiger partial charge in [0.05, 0.1) is 7.11 Å². The minimum Gasteiger partial charge on any atom is -0.497 e. The molecule has 4 heteroatoms. The quantitative estimate of drug-likeness (QED) is 0.844. The van der Waals surface area contributed by atoms with E-state index in [1.165, 1.54) is 5.56 Å². The zero-order valence-electron chi connectivity index (χ0n) is 13.0. The summed E-state index contributed by atoms with van der Waals surface area (Å²) in [4.78, 5) is 6.77. The Kier molecular flexibility index (Phi) is 5.43. The topological polar surface area (TPSA) is 37.4 Å². The first-order valence-electron chi connectivity index (χ1n) is 7.28. The van der Waals surface area contributed by atoms with E-state index in [2.05, 4.69) is 41.3 Å². The van der Waals surface area contributed by atoms with Gasteiger partial charge in [0.2, 0.25) is 0 Å². The molecule has 1 aromatic carbocycles. The van der Waals surface area contributed by atoms with E-state index >= 15 is 0 Å². The molecule has 2 rings (SSSR count). The highest BCUT2D eigenvalue weighted by molar-refractivity contribution is 5.47. The molecule has 1 aromatic heterocycles. The summed E-state index contributed by atoms with van der Waals surface area (Å²) in [6.45, 7) is 3.90. The Labute approximate surface area is 126 Å². The van der Waals surface area contributed by atoms with Crippen LogP contribution in [0.2, 0.25) is 0 Å². The molecule has 21 heavy (non-hydrogen) atoms. The average Bonchev–Trinajstić information content (AvgIpc) is 2.54. The van der Waals surface area contributed by atoms with E-state index in [0.717, 1.165) is 36.9 Å². The number of hydrogen-bond acceptors (Lipinski definition) is 4. The van der Waals surface area contributed by atoms with Gasteiger partial charge in [-0.05, 0) is 36.2 Å². The molecule has 0 unspecified atom stereocenters. The normalized spacial score (nSPS) is 10.2. The molecular weight excluding hydrogens is 262 g/mol. The first kappa shape index (κ1) is 15.2. The number of rotatable bonds is 7. The lowest BCUT2D eigenvalue weighted by atomic mass is 10.2. The predicted octanol–water partition coefficient (Wildman–Crippen LogP) is 3.55. The number of methoxy groups -OCH3 is 1. The monoisotopic (exact) mass is 285 g/mol. The maximum Gasteiger partial charge on any atom is 0.130 e. The number of nitrogens with zero attached hydrogens (tertiary/aromatic N) is 2.